The smallest absolute Gasteiger partial charge is 0.372 e. The van der Waals surface area contributed by atoms with E-state index in [4.69, 9.17) is 19.7 Å². The average molecular weight is 445 g/mol. The first kappa shape index (κ1) is 24.8. The van der Waals surface area contributed by atoms with Crippen LogP contribution in [0.4, 0.5) is 0 Å². The SMILES string of the molecule is COc1cccc2c(C[C@H](OC)C(=O)N[C@@H](CCC(=O)C=[N+]=N)C(=O)OC(C)C)c[nH]c12. The van der Waals surface area contributed by atoms with Gasteiger partial charge in [-0.15, -0.1) is 0 Å². The summed E-state index contributed by atoms with van der Waals surface area (Å²) >= 11 is 0. The average Bonchev–Trinajstić information content (AvgIpc) is 3.17. The van der Waals surface area contributed by atoms with Gasteiger partial charge in [0.1, 0.15) is 17.9 Å². The number of benzene rings is 1. The molecule has 0 fully saturated rings. The lowest BCUT2D eigenvalue weighted by molar-refractivity contribution is -0.152. The van der Waals surface area contributed by atoms with Gasteiger partial charge in [0, 0.05) is 31.5 Å². The number of carbonyl (C=O) groups is 3. The molecule has 2 atom stereocenters. The highest BCUT2D eigenvalue weighted by molar-refractivity contribution is 6.25. The number of ether oxygens (including phenoxy) is 3. The zero-order valence-electron chi connectivity index (χ0n) is 18.6. The highest BCUT2D eigenvalue weighted by atomic mass is 16.5. The molecule has 0 bridgehead atoms. The van der Waals surface area contributed by atoms with Gasteiger partial charge in [-0.1, -0.05) is 12.1 Å². The molecule has 10 heteroatoms. The second-order valence-corrected chi connectivity index (χ2v) is 7.44. The lowest BCUT2D eigenvalue weighted by Crippen LogP contribution is -2.48. The number of Topliss-reactive ketones (excluding diaryl/α,β-unsaturated/α-hetero) is 1. The lowest BCUT2D eigenvalue weighted by Gasteiger charge is -2.21. The normalized spacial score (nSPS) is 12.7. The number of amides is 1. The van der Waals surface area contributed by atoms with Crippen molar-refractivity contribution in [3.63, 3.8) is 0 Å². The molecule has 0 aliphatic heterocycles. The van der Waals surface area contributed by atoms with Crippen LogP contribution in [0, 0.1) is 5.53 Å². The van der Waals surface area contributed by atoms with Crippen LogP contribution in [0.3, 0.4) is 0 Å². The van der Waals surface area contributed by atoms with E-state index in [1.807, 2.05) is 18.2 Å². The van der Waals surface area contributed by atoms with E-state index in [-0.39, 0.29) is 25.4 Å². The number of carbonyl (C=O) groups excluding carboxylic acids is 3. The molecule has 0 unspecified atom stereocenters. The Hall–Kier alpha value is -3.49. The number of hydrogen-bond donors (Lipinski definition) is 3. The van der Waals surface area contributed by atoms with Crippen LogP contribution in [-0.4, -0.2) is 66.1 Å². The molecule has 1 heterocycles. The molecule has 2 rings (SSSR count). The molecule has 0 saturated carbocycles. The summed E-state index contributed by atoms with van der Waals surface area (Å²) in [5.74, 6) is -0.884. The van der Waals surface area contributed by atoms with Crippen LogP contribution in [0.1, 0.15) is 32.3 Å². The van der Waals surface area contributed by atoms with E-state index in [9.17, 15) is 14.4 Å². The van der Waals surface area contributed by atoms with Gasteiger partial charge < -0.3 is 24.5 Å². The summed E-state index contributed by atoms with van der Waals surface area (Å²) in [6.45, 7) is 3.38. The molecule has 1 amide bonds. The fourth-order valence-electron chi connectivity index (χ4n) is 3.26. The van der Waals surface area contributed by atoms with Gasteiger partial charge in [0.2, 0.25) is 11.7 Å². The van der Waals surface area contributed by atoms with Crippen LogP contribution < -0.4 is 10.1 Å². The van der Waals surface area contributed by atoms with Crippen molar-refractivity contribution in [2.24, 2.45) is 0 Å². The number of nitrogens with one attached hydrogen (secondary N) is 3. The van der Waals surface area contributed by atoms with Crippen LogP contribution in [0.5, 0.6) is 5.75 Å². The molecule has 3 N–H and O–H groups in total. The van der Waals surface area contributed by atoms with Crippen molar-refractivity contribution >= 4 is 34.8 Å². The van der Waals surface area contributed by atoms with Crippen LogP contribution in [-0.2, 0) is 30.3 Å². The fraction of sp³-hybridized carbons (Fsp3) is 0.455. The Morgan fingerprint density at radius 3 is 2.62 bits per heavy atom. The van der Waals surface area contributed by atoms with E-state index in [2.05, 4.69) is 15.1 Å². The van der Waals surface area contributed by atoms with Crippen LogP contribution in [0.2, 0.25) is 0 Å². The van der Waals surface area contributed by atoms with E-state index in [1.165, 1.54) is 7.11 Å². The Kier molecular flexibility index (Phi) is 9.12. The van der Waals surface area contributed by atoms with Crippen molar-refractivity contribution in [3.05, 3.63) is 30.0 Å². The van der Waals surface area contributed by atoms with E-state index in [0.29, 0.717) is 5.75 Å². The summed E-state index contributed by atoms with van der Waals surface area (Å²) in [5.41, 5.74) is 8.39. The first-order chi connectivity index (χ1) is 15.3. The number of hydrogen-bond acceptors (Lipinski definition) is 7. The Morgan fingerprint density at radius 2 is 2.00 bits per heavy atom. The summed E-state index contributed by atoms with van der Waals surface area (Å²) in [7, 11) is 2.99. The Labute approximate surface area is 185 Å². The number of ketones is 1. The zero-order valence-corrected chi connectivity index (χ0v) is 18.6. The quantitative estimate of drug-likeness (QED) is 0.197. The number of para-hydroxylation sites is 1. The van der Waals surface area contributed by atoms with Crippen molar-refractivity contribution in [1.82, 2.24) is 10.3 Å². The van der Waals surface area contributed by atoms with Gasteiger partial charge >= 0.3 is 12.2 Å². The standard InChI is InChI=1S/C22H28N4O6/c1-13(2)32-22(29)17(9-8-15(27)12-25-23)26-21(28)19(31-4)10-14-11-24-20-16(14)6-5-7-18(20)30-3/h5-7,11-13,17,19,23-24H,8-10H2,1-4H3/p+1/t17-,19-/m0/s1. The number of aromatic amines is 1. The number of methoxy groups -OCH3 is 2. The predicted molar refractivity (Wildman–Crippen MR) is 116 cm³/mol. The maximum atomic E-state index is 12.9. The van der Waals surface area contributed by atoms with E-state index in [1.54, 1.807) is 27.2 Å². The van der Waals surface area contributed by atoms with Gasteiger partial charge in [0.25, 0.3) is 0 Å². The second kappa shape index (κ2) is 11.8. The summed E-state index contributed by atoms with van der Waals surface area (Å²) in [6, 6.07) is 4.57. The van der Waals surface area contributed by atoms with Crippen molar-refractivity contribution in [1.29, 1.82) is 5.53 Å². The number of esters is 1. The van der Waals surface area contributed by atoms with Gasteiger partial charge in [-0.2, -0.15) is 0 Å². The topological polar surface area (TPSA) is 145 Å². The highest BCUT2D eigenvalue weighted by Gasteiger charge is 2.28. The Bertz CT molecular complexity index is 1010. The summed E-state index contributed by atoms with van der Waals surface area (Å²) in [4.78, 5) is 43.1. The second-order valence-electron chi connectivity index (χ2n) is 7.44. The predicted octanol–water partition coefficient (Wildman–Crippen LogP) is 1.83. The minimum Gasteiger partial charge on any atom is -0.495 e. The number of rotatable bonds is 12. The monoisotopic (exact) mass is 445 g/mol. The zero-order chi connectivity index (χ0) is 23.7. The van der Waals surface area contributed by atoms with Gasteiger partial charge in [-0.3, -0.25) is 9.59 Å². The lowest BCUT2D eigenvalue weighted by atomic mass is 10.0. The Balaban J connectivity index is 2.15. The molecule has 1 aromatic carbocycles. The molecule has 0 radical (unpaired) electrons. The number of aromatic nitrogens is 1. The van der Waals surface area contributed by atoms with Crippen LogP contribution in [0.15, 0.2) is 24.4 Å². The van der Waals surface area contributed by atoms with Crippen molar-refractivity contribution < 1.29 is 33.4 Å². The molecule has 0 aliphatic carbocycles. The molecular formula is C22H29N4O6+. The summed E-state index contributed by atoms with van der Waals surface area (Å²) in [5, 5.41) is 3.54. The fourth-order valence-corrected chi connectivity index (χ4v) is 3.26. The minimum atomic E-state index is -1.03. The summed E-state index contributed by atoms with van der Waals surface area (Å²) < 4.78 is 16.0. The molecule has 0 saturated heterocycles. The molecular weight excluding hydrogens is 416 g/mol. The van der Waals surface area contributed by atoms with Gasteiger partial charge in [0.15, 0.2) is 0 Å². The molecule has 10 nitrogen and oxygen atoms in total. The third-order valence-corrected chi connectivity index (χ3v) is 4.81. The molecule has 172 valence electrons. The van der Waals surface area contributed by atoms with Gasteiger partial charge in [0.05, 0.1) is 29.1 Å². The number of nitrogens with zero attached hydrogens (tertiary/aromatic N) is 1. The molecule has 0 aliphatic rings. The van der Waals surface area contributed by atoms with E-state index in [0.717, 1.165) is 22.7 Å². The molecule has 32 heavy (non-hydrogen) atoms. The third kappa shape index (κ3) is 6.50. The Morgan fingerprint density at radius 1 is 1.25 bits per heavy atom. The van der Waals surface area contributed by atoms with Crippen LogP contribution >= 0.6 is 0 Å². The van der Waals surface area contributed by atoms with E-state index >= 15 is 0 Å². The summed E-state index contributed by atoms with van der Waals surface area (Å²) in [6.07, 6.45) is 1.59. The van der Waals surface area contributed by atoms with Gasteiger partial charge in [-0.25, -0.2) is 4.79 Å². The molecule has 0 spiro atoms. The number of H-pyrrole nitrogens is 1. The minimum absolute atomic E-state index is 0.0167. The van der Waals surface area contributed by atoms with Crippen molar-refractivity contribution in [2.45, 2.75) is 51.4 Å². The maximum absolute atomic E-state index is 12.9. The maximum Gasteiger partial charge on any atom is 0.372 e. The third-order valence-electron chi connectivity index (χ3n) is 4.81. The first-order valence-electron chi connectivity index (χ1n) is 10.2. The van der Waals surface area contributed by atoms with E-state index < -0.39 is 29.8 Å². The largest absolute Gasteiger partial charge is 0.495 e. The highest BCUT2D eigenvalue weighted by Crippen LogP contribution is 2.28. The molecule has 2 aromatic rings. The number of fused-ring (bicyclic) bond motifs is 1. The van der Waals surface area contributed by atoms with Crippen LogP contribution in [0.25, 0.3) is 10.9 Å². The van der Waals surface area contributed by atoms with Crippen molar-refractivity contribution in [3.8, 4) is 5.75 Å². The van der Waals surface area contributed by atoms with Gasteiger partial charge in [-0.05, 0) is 31.9 Å². The van der Waals surface area contributed by atoms with Crippen molar-refractivity contribution in [2.75, 3.05) is 14.2 Å². The molecule has 1 aromatic heterocycles. The first-order valence-corrected chi connectivity index (χ1v) is 10.2.